The second kappa shape index (κ2) is 3.29. The Bertz CT molecular complexity index is 176. The average Bonchev–Trinajstić information content (AvgIpc) is 2.04. The SMILES string of the molecule is NC(=O)N1CCN(C(=O)O)CC1. The quantitative estimate of drug-likeness (QED) is 0.510. The fraction of sp³-hybridized carbons (Fsp3) is 0.667. The molecular formula is C6H11N3O3. The van der Waals surface area contributed by atoms with Crippen molar-refractivity contribution < 1.29 is 14.7 Å². The third-order valence-corrected chi connectivity index (χ3v) is 1.86. The monoisotopic (exact) mass is 173 g/mol. The number of carbonyl (C=O) groups excluding carboxylic acids is 1. The minimum atomic E-state index is -0.945. The van der Waals surface area contributed by atoms with Gasteiger partial charge in [0.1, 0.15) is 0 Å². The topological polar surface area (TPSA) is 86.9 Å². The van der Waals surface area contributed by atoms with Gasteiger partial charge >= 0.3 is 12.1 Å². The van der Waals surface area contributed by atoms with Crippen LogP contribution in [0.1, 0.15) is 0 Å². The summed E-state index contributed by atoms with van der Waals surface area (Å²) in [6, 6.07) is -0.486. The van der Waals surface area contributed by atoms with Gasteiger partial charge in [-0.3, -0.25) is 0 Å². The van der Waals surface area contributed by atoms with Crippen LogP contribution in [-0.4, -0.2) is 53.2 Å². The Morgan fingerprint density at radius 2 is 1.50 bits per heavy atom. The van der Waals surface area contributed by atoms with Crippen LogP contribution in [0, 0.1) is 0 Å². The summed E-state index contributed by atoms with van der Waals surface area (Å²) in [5, 5.41) is 8.55. The maximum absolute atomic E-state index is 10.6. The van der Waals surface area contributed by atoms with Crippen molar-refractivity contribution in [3.8, 4) is 0 Å². The van der Waals surface area contributed by atoms with Crippen LogP contribution in [0.2, 0.25) is 0 Å². The highest BCUT2D eigenvalue weighted by Crippen LogP contribution is 2.00. The van der Waals surface area contributed by atoms with Gasteiger partial charge < -0.3 is 20.6 Å². The Morgan fingerprint density at radius 3 is 1.83 bits per heavy atom. The van der Waals surface area contributed by atoms with Gasteiger partial charge in [0.15, 0.2) is 0 Å². The highest BCUT2D eigenvalue weighted by Gasteiger charge is 2.21. The molecule has 6 nitrogen and oxygen atoms in total. The molecule has 12 heavy (non-hydrogen) atoms. The molecule has 0 spiro atoms. The molecule has 0 aromatic carbocycles. The van der Waals surface area contributed by atoms with Crippen molar-refractivity contribution in [2.75, 3.05) is 26.2 Å². The molecule has 1 aliphatic heterocycles. The van der Waals surface area contributed by atoms with Crippen molar-refractivity contribution in [2.45, 2.75) is 0 Å². The zero-order valence-electron chi connectivity index (χ0n) is 6.56. The van der Waals surface area contributed by atoms with E-state index >= 15 is 0 Å². The number of hydrogen-bond donors (Lipinski definition) is 2. The Balaban J connectivity index is 2.39. The van der Waals surface area contributed by atoms with E-state index in [-0.39, 0.29) is 0 Å². The molecule has 3 amide bonds. The zero-order valence-corrected chi connectivity index (χ0v) is 6.56. The van der Waals surface area contributed by atoms with E-state index in [1.54, 1.807) is 0 Å². The minimum Gasteiger partial charge on any atom is -0.465 e. The summed E-state index contributed by atoms with van der Waals surface area (Å²) >= 11 is 0. The summed E-state index contributed by atoms with van der Waals surface area (Å²) in [6.45, 7) is 1.47. The van der Waals surface area contributed by atoms with Gasteiger partial charge in [-0.2, -0.15) is 0 Å². The van der Waals surface area contributed by atoms with Crippen molar-refractivity contribution in [1.82, 2.24) is 9.80 Å². The molecule has 0 unspecified atom stereocenters. The molecule has 3 N–H and O–H groups in total. The van der Waals surface area contributed by atoms with Crippen molar-refractivity contribution in [3.05, 3.63) is 0 Å². The van der Waals surface area contributed by atoms with E-state index in [2.05, 4.69) is 0 Å². The predicted molar refractivity (Wildman–Crippen MR) is 40.8 cm³/mol. The molecule has 0 atom stereocenters. The summed E-state index contributed by atoms with van der Waals surface area (Å²) in [6.07, 6.45) is -0.945. The first-order valence-electron chi connectivity index (χ1n) is 3.63. The summed E-state index contributed by atoms with van der Waals surface area (Å²) in [4.78, 5) is 23.7. The molecule has 0 radical (unpaired) electrons. The van der Waals surface area contributed by atoms with E-state index in [1.165, 1.54) is 9.80 Å². The van der Waals surface area contributed by atoms with E-state index in [0.29, 0.717) is 26.2 Å². The van der Waals surface area contributed by atoms with Gasteiger partial charge in [-0.25, -0.2) is 9.59 Å². The Labute approximate surface area is 69.5 Å². The lowest BCUT2D eigenvalue weighted by molar-refractivity contribution is 0.114. The number of nitrogens with zero attached hydrogens (tertiary/aromatic N) is 2. The average molecular weight is 173 g/mol. The van der Waals surface area contributed by atoms with Crippen LogP contribution in [0.3, 0.4) is 0 Å². The van der Waals surface area contributed by atoms with Crippen molar-refractivity contribution in [1.29, 1.82) is 0 Å². The molecule has 0 saturated carbocycles. The molecule has 1 saturated heterocycles. The van der Waals surface area contributed by atoms with Gasteiger partial charge in [0.25, 0.3) is 0 Å². The molecule has 0 aliphatic carbocycles. The van der Waals surface area contributed by atoms with Crippen LogP contribution in [0.4, 0.5) is 9.59 Å². The fourth-order valence-corrected chi connectivity index (χ4v) is 1.12. The maximum Gasteiger partial charge on any atom is 0.407 e. The molecular weight excluding hydrogens is 162 g/mol. The first kappa shape index (κ1) is 8.63. The van der Waals surface area contributed by atoms with Crippen LogP contribution in [0.5, 0.6) is 0 Å². The molecule has 1 aliphatic rings. The van der Waals surface area contributed by atoms with Gasteiger partial charge in [0, 0.05) is 26.2 Å². The number of urea groups is 1. The molecule has 1 rings (SSSR count). The lowest BCUT2D eigenvalue weighted by Crippen LogP contribution is -2.51. The summed E-state index contributed by atoms with van der Waals surface area (Å²) in [5.41, 5.74) is 5.01. The number of rotatable bonds is 0. The summed E-state index contributed by atoms with van der Waals surface area (Å²) in [7, 11) is 0. The van der Waals surface area contributed by atoms with Gasteiger partial charge in [0.05, 0.1) is 0 Å². The van der Waals surface area contributed by atoms with Gasteiger partial charge in [-0.05, 0) is 0 Å². The molecule has 68 valence electrons. The normalized spacial score (nSPS) is 17.7. The fourth-order valence-electron chi connectivity index (χ4n) is 1.12. The highest BCUT2D eigenvalue weighted by molar-refractivity contribution is 5.72. The van der Waals surface area contributed by atoms with E-state index in [0.717, 1.165) is 0 Å². The molecule has 1 fully saturated rings. The Morgan fingerprint density at radius 1 is 1.08 bits per heavy atom. The number of primary amides is 1. The second-order valence-corrected chi connectivity index (χ2v) is 2.59. The largest absolute Gasteiger partial charge is 0.465 e. The number of nitrogens with two attached hydrogens (primary N) is 1. The number of carbonyl (C=O) groups is 2. The minimum absolute atomic E-state index is 0.346. The number of amides is 3. The molecule has 0 aromatic rings. The highest BCUT2D eigenvalue weighted by atomic mass is 16.4. The standard InChI is InChI=1S/C6H11N3O3/c7-5(10)8-1-3-9(4-2-8)6(11)12/h1-4H2,(H2,7,10)(H,11,12). The van der Waals surface area contributed by atoms with E-state index in [1.807, 2.05) is 0 Å². The summed E-state index contributed by atoms with van der Waals surface area (Å²) < 4.78 is 0. The van der Waals surface area contributed by atoms with E-state index < -0.39 is 12.1 Å². The third kappa shape index (κ3) is 1.77. The van der Waals surface area contributed by atoms with Crippen molar-refractivity contribution in [3.63, 3.8) is 0 Å². The predicted octanol–water partition coefficient (Wildman–Crippen LogP) is -0.639. The molecule has 6 heteroatoms. The van der Waals surface area contributed by atoms with Gasteiger partial charge in [0.2, 0.25) is 0 Å². The smallest absolute Gasteiger partial charge is 0.407 e. The molecule has 0 bridgehead atoms. The van der Waals surface area contributed by atoms with Gasteiger partial charge in [-0.1, -0.05) is 0 Å². The third-order valence-electron chi connectivity index (χ3n) is 1.86. The first-order valence-corrected chi connectivity index (χ1v) is 3.63. The number of piperazine rings is 1. The first-order chi connectivity index (χ1) is 5.61. The maximum atomic E-state index is 10.6. The number of hydrogen-bond acceptors (Lipinski definition) is 2. The van der Waals surface area contributed by atoms with E-state index in [9.17, 15) is 9.59 Å². The lowest BCUT2D eigenvalue weighted by atomic mass is 10.3. The van der Waals surface area contributed by atoms with Crippen LogP contribution in [-0.2, 0) is 0 Å². The van der Waals surface area contributed by atoms with Crippen LogP contribution in [0.15, 0.2) is 0 Å². The molecule has 1 heterocycles. The van der Waals surface area contributed by atoms with Crippen LogP contribution in [0.25, 0.3) is 0 Å². The van der Waals surface area contributed by atoms with Crippen LogP contribution >= 0.6 is 0 Å². The Kier molecular flexibility index (Phi) is 2.37. The van der Waals surface area contributed by atoms with Crippen molar-refractivity contribution in [2.24, 2.45) is 5.73 Å². The second-order valence-electron chi connectivity index (χ2n) is 2.59. The lowest BCUT2D eigenvalue weighted by Gasteiger charge is -2.31. The summed E-state index contributed by atoms with van der Waals surface area (Å²) in [5.74, 6) is 0. The Hall–Kier alpha value is -1.46. The van der Waals surface area contributed by atoms with Crippen LogP contribution < -0.4 is 5.73 Å². The molecule has 0 aromatic heterocycles. The van der Waals surface area contributed by atoms with Crippen molar-refractivity contribution >= 4 is 12.1 Å². The van der Waals surface area contributed by atoms with Gasteiger partial charge in [-0.15, -0.1) is 0 Å². The number of carboxylic acid groups (broad SMARTS) is 1. The van der Waals surface area contributed by atoms with E-state index in [4.69, 9.17) is 10.8 Å². The zero-order chi connectivity index (χ0) is 9.14.